The molecule has 0 radical (unpaired) electrons. The van der Waals surface area contributed by atoms with Crippen molar-refractivity contribution in [1.82, 2.24) is 10.3 Å². The van der Waals surface area contributed by atoms with Gasteiger partial charge in [-0.2, -0.15) is 0 Å². The highest BCUT2D eigenvalue weighted by Crippen LogP contribution is 2.19. The van der Waals surface area contributed by atoms with Crippen LogP contribution in [0.4, 0.5) is 0 Å². The number of benzene rings is 2. The summed E-state index contributed by atoms with van der Waals surface area (Å²) in [5, 5.41) is 14.9. The van der Waals surface area contributed by atoms with Crippen molar-refractivity contribution in [3.05, 3.63) is 65.9 Å². The van der Waals surface area contributed by atoms with Crippen molar-refractivity contribution in [2.45, 2.75) is 12.5 Å². The highest BCUT2D eigenvalue weighted by atomic mass is 16.5. The molecule has 3 rings (SSSR count). The molecule has 1 heterocycles. The molecule has 1 atom stereocenters. The fraction of sp³-hybridized carbons (Fsp3) is 0.158. The molecular weight excluding hydrogens is 320 g/mol. The molecular formula is C19H17N2O4-. The van der Waals surface area contributed by atoms with Crippen LogP contribution in [0.1, 0.15) is 15.9 Å². The molecule has 2 aromatic carbocycles. The molecule has 0 aliphatic rings. The number of methoxy groups -OCH3 is 1. The topological polar surface area (TPSA) is 94.2 Å². The maximum Gasteiger partial charge on any atom is 0.251 e. The third kappa shape index (κ3) is 3.63. The van der Waals surface area contributed by atoms with Crippen molar-refractivity contribution >= 4 is 22.8 Å². The summed E-state index contributed by atoms with van der Waals surface area (Å²) in [6.07, 6.45) is 1.88. The number of para-hydroxylation sites is 1. The van der Waals surface area contributed by atoms with Crippen molar-refractivity contribution in [3.8, 4) is 5.75 Å². The summed E-state index contributed by atoms with van der Waals surface area (Å²) >= 11 is 0. The Bertz CT molecular complexity index is 899. The summed E-state index contributed by atoms with van der Waals surface area (Å²) in [6, 6.07) is 12.9. The number of amides is 1. The van der Waals surface area contributed by atoms with Crippen LogP contribution < -0.4 is 15.2 Å². The lowest BCUT2D eigenvalue weighted by Gasteiger charge is -2.19. The molecule has 1 aromatic heterocycles. The quantitative estimate of drug-likeness (QED) is 0.708. The van der Waals surface area contributed by atoms with Gasteiger partial charge in [0.2, 0.25) is 0 Å². The lowest BCUT2D eigenvalue weighted by atomic mass is 10.0. The van der Waals surface area contributed by atoms with E-state index in [2.05, 4.69) is 10.3 Å². The Morgan fingerprint density at radius 3 is 2.56 bits per heavy atom. The molecule has 0 unspecified atom stereocenters. The standard InChI is InChI=1S/C19H18N2O4/c1-25-14-8-6-12(7-9-14)18(22)21-17(19(23)24)10-13-11-20-16-5-3-2-4-15(13)16/h2-9,11,17,20H,10H2,1H3,(H,21,22)(H,23,24)/p-1/t17-/m1/s1. The molecule has 0 saturated carbocycles. The number of hydrogen-bond donors (Lipinski definition) is 2. The van der Waals surface area contributed by atoms with Gasteiger partial charge in [0.05, 0.1) is 19.1 Å². The number of carboxylic acid groups (broad SMARTS) is 1. The van der Waals surface area contributed by atoms with E-state index in [4.69, 9.17) is 4.74 Å². The SMILES string of the molecule is COc1ccc(C(=O)N[C@H](Cc2c[nH]c3ccccc23)C(=O)[O-])cc1. The maximum absolute atomic E-state index is 12.3. The summed E-state index contributed by atoms with van der Waals surface area (Å²) < 4.78 is 5.04. The molecule has 3 aromatic rings. The van der Waals surface area contributed by atoms with Crippen molar-refractivity contribution in [2.75, 3.05) is 7.11 Å². The number of ether oxygens (including phenoxy) is 1. The Balaban J connectivity index is 1.76. The molecule has 6 heteroatoms. The summed E-state index contributed by atoms with van der Waals surface area (Å²) in [4.78, 5) is 26.9. The number of rotatable bonds is 6. The number of aliphatic carboxylic acids is 1. The highest BCUT2D eigenvalue weighted by molar-refractivity contribution is 5.96. The molecule has 0 bridgehead atoms. The first-order valence-electron chi connectivity index (χ1n) is 7.79. The van der Waals surface area contributed by atoms with E-state index >= 15 is 0 Å². The van der Waals surface area contributed by atoms with Crippen LogP contribution in [0.5, 0.6) is 5.75 Å². The van der Waals surface area contributed by atoms with Crippen LogP contribution in [-0.2, 0) is 11.2 Å². The average Bonchev–Trinajstić information content (AvgIpc) is 3.04. The van der Waals surface area contributed by atoms with E-state index in [0.717, 1.165) is 16.5 Å². The fourth-order valence-electron chi connectivity index (χ4n) is 2.70. The molecule has 2 N–H and O–H groups in total. The van der Waals surface area contributed by atoms with Crippen molar-refractivity contribution in [1.29, 1.82) is 0 Å². The molecule has 0 saturated heterocycles. The van der Waals surface area contributed by atoms with Gasteiger partial charge in [0, 0.05) is 29.1 Å². The van der Waals surface area contributed by atoms with Gasteiger partial charge >= 0.3 is 0 Å². The average molecular weight is 337 g/mol. The first-order valence-corrected chi connectivity index (χ1v) is 7.79. The number of carboxylic acids is 1. The van der Waals surface area contributed by atoms with Gasteiger partial charge in [-0.05, 0) is 35.9 Å². The maximum atomic E-state index is 12.3. The second-order valence-electron chi connectivity index (χ2n) is 5.64. The Labute approximate surface area is 144 Å². The number of carbonyl (C=O) groups excluding carboxylic acids is 2. The van der Waals surface area contributed by atoms with Crippen LogP contribution in [0, 0.1) is 0 Å². The summed E-state index contributed by atoms with van der Waals surface area (Å²) in [6.45, 7) is 0. The normalized spacial score (nSPS) is 11.9. The summed E-state index contributed by atoms with van der Waals surface area (Å²) in [5.41, 5.74) is 2.07. The Morgan fingerprint density at radius 1 is 1.16 bits per heavy atom. The van der Waals surface area contributed by atoms with Gasteiger partial charge in [-0.25, -0.2) is 0 Å². The van der Waals surface area contributed by atoms with Crippen LogP contribution in [-0.4, -0.2) is 30.0 Å². The van der Waals surface area contributed by atoms with E-state index in [0.29, 0.717) is 11.3 Å². The van der Waals surface area contributed by atoms with Gasteiger partial charge in [-0.3, -0.25) is 4.79 Å². The van der Waals surface area contributed by atoms with Crippen LogP contribution in [0.2, 0.25) is 0 Å². The lowest BCUT2D eigenvalue weighted by molar-refractivity contribution is -0.308. The first kappa shape index (κ1) is 16.6. The number of carbonyl (C=O) groups is 2. The van der Waals surface area contributed by atoms with Gasteiger partial charge in [0.15, 0.2) is 0 Å². The highest BCUT2D eigenvalue weighted by Gasteiger charge is 2.17. The van der Waals surface area contributed by atoms with Gasteiger partial charge in [0.1, 0.15) is 5.75 Å². The summed E-state index contributed by atoms with van der Waals surface area (Å²) in [5.74, 6) is -1.18. The number of hydrogen-bond acceptors (Lipinski definition) is 4. The minimum Gasteiger partial charge on any atom is -0.548 e. The van der Waals surface area contributed by atoms with Crippen molar-refractivity contribution < 1.29 is 19.4 Å². The van der Waals surface area contributed by atoms with E-state index in [1.165, 1.54) is 7.11 Å². The largest absolute Gasteiger partial charge is 0.548 e. The zero-order valence-electron chi connectivity index (χ0n) is 13.6. The minimum atomic E-state index is -1.33. The van der Waals surface area contributed by atoms with Crippen molar-refractivity contribution in [3.63, 3.8) is 0 Å². The van der Waals surface area contributed by atoms with E-state index in [1.54, 1.807) is 30.5 Å². The number of nitrogens with one attached hydrogen (secondary N) is 2. The second kappa shape index (κ2) is 7.09. The monoisotopic (exact) mass is 337 g/mol. The summed E-state index contributed by atoms with van der Waals surface area (Å²) in [7, 11) is 1.53. The van der Waals surface area contributed by atoms with E-state index < -0.39 is 17.9 Å². The van der Waals surface area contributed by atoms with Gasteiger partial charge in [0.25, 0.3) is 5.91 Å². The first-order chi connectivity index (χ1) is 12.1. The van der Waals surface area contributed by atoms with Crippen LogP contribution in [0.15, 0.2) is 54.7 Å². The molecule has 0 aliphatic carbocycles. The minimum absolute atomic E-state index is 0.133. The third-order valence-electron chi connectivity index (χ3n) is 4.04. The van der Waals surface area contributed by atoms with E-state index in [-0.39, 0.29) is 6.42 Å². The lowest BCUT2D eigenvalue weighted by Crippen LogP contribution is -2.49. The molecule has 0 aliphatic heterocycles. The van der Waals surface area contributed by atoms with E-state index in [1.807, 2.05) is 24.3 Å². The fourth-order valence-corrected chi connectivity index (χ4v) is 2.70. The number of H-pyrrole nitrogens is 1. The molecule has 0 spiro atoms. The zero-order valence-corrected chi connectivity index (χ0v) is 13.6. The predicted molar refractivity (Wildman–Crippen MR) is 91.3 cm³/mol. The van der Waals surface area contributed by atoms with Crippen molar-refractivity contribution in [2.24, 2.45) is 0 Å². The van der Waals surface area contributed by atoms with Crippen LogP contribution >= 0.6 is 0 Å². The molecule has 6 nitrogen and oxygen atoms in total. The smallest absolute Gasteiger partial charge is 0.251 e. The Hall–Kier alpha value is -3.28. The number of aromatic amines is 1. The van der Waals surface area contributed by atoms with Gasteiger partial charge in [-0.1, -0.05) is 18.2 Å². The molecule has 25 heavy (non-hydrogen) atoms. The zero-order chi connectivity index (χ0) is 17.8. The Morgan fingerprint density at radius 2 is 1.88 bits per heavy atom. The third-order valence-corrected chi connectivity index (χ3v) is 4.04. The Kier molecular flexibility index (Phi) is 4.70. The van der Waals surface area contributed by atoms with E-state index in [9.17, 15) is 14.7 Å². The van der Waals surface area contributed by atoms with Crippen LogP contribution in [0.3, 0.4) is 0 Å². The number of aromatic nitrogens is 1. The molecule has 0 fully saturated rings. The predicted octanol–water partition coefficient (Wildman–Crippen LogP) is 1.27. The van der Waals surface area contributed by atoms with Crippen LogP contribution in [0.25, 0.3) is 10.9 Å². The van der Waals surface area contributed by atoms with Gasteiger partial charge < -0.3 is 24.9 Å². The van der Waals surface area contributed by atoms with Gasteiger partial charge in [-0.15, -0.1) is 0 Å². The second-order valence-corrected chi connectivity index (χ2v) is 5.64. The molecule has 128 valence electrons. The number of fused-ring (bicyclic) bond motifs is 1. The molecule has 1 amide bonds.